The van der Waals surface area contributed by atoms with Crippen molar-refractivity contribution < 1.29 is 29.4 Å². The molecule has 4 aliphatic carbocycles. The Kier molecular flexibility index (Phi) is 9.08. The van der Waals surface area contributed by atoms with Crippen LogP contribution in [-0.2, 0) is 19.2 Å². The Morgan fingerprint density at radius 3 is 2.59 bits per heavy atom. The third-order valence-corrected chi connectivity index (χ3v) is 10.5. The number of nitrogens with zero attached hydrogens (tertiary/aromatic N) is 1. The molecule has 4 N–H and O–H groups in total. The van der Waals surface area contributed by atoms with E-state index in [2.05, 4.69) is 35.7 Å². The van der Waals surface area contributed by atoms with Crippen molar-refractivity contribution in [2.75, 3.05) is 6.61 Å². The minimum absolute atomic E-state index is 0.0830. The third kappa shape index (κ3) is 6.03. The Hall–Kier alpha value is -2.42. The first kappa shape index (κ1) is 29.6. The molecule has 0 aliphatic heterocycles. The molecule has 0 unspecified atom stereocenters. The van der Waals surface area contributed by atoms with Gasteiger partial charge in [-0.2, -0.15) is 0 Å². The molecule has 8 atom stereocenters. The first-order valence-electron chi connectivity index (χ1n) is 14.9. The molecular formula is C30H47N3O6. The van der Waals surface area contributed by atoms with Crippen LogP contribution in [-0.4, -0.2) is 58.5 Å². The van der Waals surface area contributed by atoms with Crippen LogP contribution < -0.4 is 10.6 Å². The average molecular weight is 546 g/mol. The fraction of sp³-hybridized carbons (Fsp3) is 0.800. The zero-order chi connectivity index (χ0) is 28.4. The number of aliphatic hydroxyl groups excluding tert-OH is 1. The summed E-state index contributed by atoms with van der Waals surface area (Å²) in [7, 11) is 0. The molecule has 39 heavy (non-hydrogen) atoms. The second kappa shape index (κ2) is 12.0. The normalized spacial score (nSPS) is 36.0. The summed E-state index contributed by atoms with van der Waals surface area (Å²) in [6.45, 7) is 7.88. The summed E-state index contributed by atoms with van der Waals surface area (Å²) in [6, 6.07) is -1.86. The van der Waals surface area contributed by atoms with Gasteiger partial charge in [0.15, 0.2) is 6.61 Å². The molecule has 2 amide bonds. The van der Waals surface area contributed by atoms with Crippen molar-refractivity contribution in [3.8, 4) is 0 Å². The van der Waals surface area contributed by atoms with E-state index >= 15 is 0 Å². The molecule has 9 nitrogen and oxygen atoms in total. The van der Waals surface area contributed by atoms with Crippen LogP contribution in [0.15, 0.2) is 16.8 Å². The van der Waals surface area contributed by atoms with E-state index in [1.807, 2.05) is 6.92 Å². The van der Waals surface area contributed by atoms with Gasteiger partial charge in [0.1, 0.15) is 12.1 Å². The number of carboxylic acid groups (broad SMARTS) is 1. The van der Waals surface area contributed by atoms with Crippen LogP contribution in [0.4, 0.5) is 0 Å². The van der Waals surface area contributed by atoms with Gasteiger partial charge in [-0.25, -0.2) is 4.79 Å². The van der Waals surface area contributed by atoms with Crippen molar-refractivity contribution in [2.24, 2.45) is 33.7 Å². The number of hydrogen-bond donors (Lipinski definition) is 4. The Labute approximate surface area is 232 Å². The van der Waals surface area contributed by atoms with Gasteiger partial charge in [-0.1, -0.05) is 44.3 Å². The molecule has 218 valence electrons. The number of aliphatic carboxylic acids is 1. The molecule has 3 saturated carbocycles. The first-order valence-corrected chi connectivity index (χ1v) is 14.9. The van der Waals surface area contributed by atoms with Crippen molar-refractivity contribution in [2.45, 2.75) is 117 Å². The van der Waals surface area contributed by atoms with Crippen molar-refractivity contribution in [1.82, 2.24) is 10.6 Å². The molecule has 0 radical (unpaired) electrons. The maximum Gasteiger partial charge on any atom is 0.326 e. The number of fused-ring (bicyclic) bond motifs is 5. The molecule has 4 rings (SSSR count). The fourth-order valence-corrected chi connectivity index (χ4v) is 8.10. The number of carbonyl (C=O) groups is 3. The predicted octanol–water partition coefficient (Wildman–Crippen LogP) is 3.95. The summed E-state index contributed by atoms with van der Waals surface area (Å²) < 4.78 is 0. The number of nitrogens with one attached hydrogen (secondary N) is 2. The van der Waals surface area contributed by atoms with Gasteiger partial charge in [0, 0.05) is 0 Å². The highest BCUT2D eigenvalue weighted by molar-refractivity contribution is 5.96. The molecule has 3 fully saturated rings. The summed E-state index contributed by atoms with van der Waals surface area (Å²) in [4.78, 5) is 41.4. The van der Waals surface area contributed by atoms with E-state index in [-0.39, 0.29) is 23.5 Å². The summed E-state index contributed by atoms with van der Waals surface area (Å²) in [5.74, 6) is -0.166. The quantitative estimate of drug-likeness (QED) is 0.307. The third-order valence-electron chi connectivity index (χ3n) is 10.5. The molecule has 0 saturated heterocycles. The van der Waals surface area contributed by atoms with Crippen LogP contribution in [0.25, 0.3) is 0 Å². The highest BCUT2D eigenvalue weighted by atomic mass is 16.6. The van der Waals surface area contributed by atoms with Gasteiger partial charge in [-0.15, -0.1) is 0 Å². The number of carbonyl (C=O) groups excluding carboxylic acids is 2. The van der Waals surface area contributed by atoms with Crippen LogP contribution >= 0.6 is 0 Å². The minimum Gasteiger partial charge on any atom is -0.480 e. The van der Waals surface area contributed by atoms with Gasteiger partial charge < -0.3 is 25.7 Å². The highest BCUT2D eigenvalue weighted by Gasteiger charge is 2.58. The Balaban J connectivity index is 1.28. The topological polar surface area (TPSA) is 137 Å². The van der Waals surface area contributed by atoms with Gasteiger partial charge in [0.25, 0.3) is 5.91 Å². The second-order valence-corrected chi connectivity index (χ2v) is 12.8. The maximum absolute atomic E-state index is 12.4. The molecule has 9 heteroatoms. The molecular weight excluding hydrogens is 498 g/mol. The zero-order valence-electron chi connectivity index (χ0n) is 24.0. The maximum atomic E-state index is 12.4. The molecule has 0 aromatic heterocycles. The van der Waals surface area contributed by atoms with E-state index in [9.17, 15) is 24.6 Å². The fourth-order valence-electron chi connectivity index (χ4n) is 8.10. The predicted molar refractivity (Wildman–Crippen MR) is 148 cm³/mol. The number of aliphatic hydroxyl groups is 1. The van der Waals surface area contributed by atoms with E-state index in [0.717, 1.165) is 57.1 Å². The molecule has 0 bridgehead atoms. The lowest BCUT2D eigenvalue weighted by Gasteiger charge is -2.57. The standard InChI is InChI=1S/C30H47N3O6/c1-5-6-7-24(28(37)38)32-27(36)18(2)31-26(35)17-39-33-20-12-14-29(3)19(16-20)8-9-21-22-10-11-25(34)30(22,4)15-13-23(21)29/h16,18,21-25,34H,5-15,17H2,1-4H3,(H,31,35)(H,32,36)(H,37,38)/b33-20-/t18-,21-,22-,23-,24+,25+,29-,30-/m0/s1. The Morgan fingerprint density at radius 2 is 1.87 bits per heavy atom. The monoisotopic (exact) mass is 545 g/mol. The van der Waals surface area contributed by atoms with Gasteiger partial charge in [0.05, 0.1) is 11.8 Å². The molecule has 0 spiro atoms. The van der Waals surface area contributed by atoms with E-state index < -0.39 is 29.9 Å². The Bertz CT molecular complexity index is 1010. The van der Waals surface area contributed by atoms with Crippen molar-refractivity contribution in [3.63, 3.8) is 0 Å². The number of carboxylic acids is 1. The van der Waals surface area contributed by atoms with E-state index in [0.29, 0.717) is 30.6 Å². The van der Waals surface area contributed by atoms with Crippen LogP contribution in [0, 0.1) is 28.6 Å². The van der Waals surface area contributed by atoms with Crippen molar-refractivity contribution in [3.05, 3.63) is 11.6 Å². The lowest BCUT2D eigenvalue weighted by atomic mass is 9.47. The summed E-state index contributed by atoms with van der Waals surface area (Å²) in [6.07, 6.45) is 12.3. The van der Waals surface area contributed by atoms with E-state index in [4.69, 9.17) is 4.84 Å². The van der Waals surface area contributed by atoms with Gasteiger partial charge in [-0.3, -0.25) is 9.59 Å². The lowest BCUT2D eigenvalue weighted by molar-refractivity contribution is -0.142. The zero-order valence-corrected chi connectivity index (χ0v) is 24.0. The molecule has 0 aromatic carbocycles. The molecule has 0 aromatic rings. The van der Waals surface area contributed by atoms with Crippen molar-refractivity contribution in [1.29, 1.82) is 0 Å². The van der Waals surface area contributed by atoms with Crippen LogP contribution in [0.5, 0.6) is 0 Å². The number of amides is 2. The number of oxime groups is 1. The number of allylic oxidation sites excluding steroid dienone is 2. The number of rotatable bonds is 10. The smallest absolute Gasteiger partial charge is 0.326 e. The first-order chi connectivity index (χ1) is 18.5. The second-order valence-electron chi connectivity index (χ2n) is 12.8. The molecule has 0 heterocycles. The average Bonchev–Trinajstić information content (AvgIpc) is 3.20. The van der Waals surface area contributed by atoms with Gasteiger partial charge in [-0.05, 0) is 99.4 Å². The van der Waals surface area contributed by atoms with Crippen LogP contribution in [0.2, 0.25) is 0 Å². The van der Waals surface area contributed by atoms with Gasteiger partial charge >= 0.3 is 5.97 Å². The summed E-state index contributed by atoms with van der Waals surface area (Å²) >= 11 is 0. The van der Waals surface area contributed by atoms with E-state index in [1.54, 1.807) is 0 Å². The van der Waals surface area contributed by atoms with Crippen LogP contribution in [0.3, 0.4) is 0 Å². The summed E-state index contributed by atoms with van der Waals surface area (Å²) in [5.41, 5.74) is 2.52. The Morgan fingerprint density at radius 1 is 1.10 bits per heavy atom. The largest absolute Gasteiger partial charge is 0.480 e. The number of unbranched alkanes of at least 4 members (excludes halogenated alkanes) is 1. The SMILES string of the molecule is CCCC[C@@H](NC(=O)[C@H](C)NC(=O)CO/N=C1\C=C2CC[C@H]3[C@@H]4CC[C@@H](O)[C@@]4(C)CC[C@@H]3[C@@]2(C)CC1)C(=O)O. The van der Waals surface area contributed by atoms with Gasteiger partial charge in [0.2, 0.25) is 5.91 Å². The lowest BCUT2D eigenvalue weighted by Crippen LogP contribution is -2.51. The van der Waals surface area contributed by atoms with Crippen molar-refractivity contribution >= 4 is 23.5 Å². The highest BCUT2D eigenvalue weighted by Crippen LogP contribution is 2.65. The summed E-state index contributed by atoms with van der Waals surface area (Å²) in [5, 5.41) is 29.3. The minimum atomic E-state index is -1.08. The van der Waals surface area contributed by atoms with Crippen LogP contribution in [0.1, 0.15) is 98.3 Å². The number of hydrogen-bond acceptors (Lipinski definition) is 6. The molecule has 4 aliphatic rings. The van der Waals surface area contributed by atoms with E-state index in [1.165, 1.54) is 18.9 Å².